The van der Waals surface area contributed by atoms with E-state index in [1.807, 2.05) is 0 Å². The highest BCUT2D eigenvalue weighted by atomic mass is 16.6. The fourth-order valence-corrected chi connectivity index (χ4v) is 11.0. The topological polar surface area (TPSA) is 78.9 Å². The summed E-state index contributed by atoms with van der Waals surface area (Å²) in [6, 6.07) is 0. The molecule has 0 spiro atoms. The zero-order chi connectivity index (χ0) is 59.9. The molecule has 0 aromatic rings. The van der Waals surface area contributed by atoms with Crippen LogP contribution in [0.4, 0.5) is 0 Å². The van der Waals surface area contributed by atoms with Crippen LogP contribution < -0.4 is 0 Å². The Morgan fingerprint density at radius 3 is 0.771 bits per heavy atom. The van der Waals surface area contributed by atoms with Gasteiger partial charge < -0.3 is 14.2 Å². The first kappa shape index (κ1) is 80.1. The van der Waals surface area contributed by atoms with Crippen molar-refractivity contribution in [3.63, 3.8) is 0 Å². The quantitative estimate of drug-likeness (QED) is 0.0261. The number of carbonyl (C=O) groups excluding carboxylic acids is 3. The molecule has 0 amide bonds. The lowest BCUT2D eigenvalue weighted by molar-refractivity contribution is -0.167. The second kappa shape index (κ2) is 71.6. The third-order valence-electron chi connectivity index (χ3n) is 16.5. The third-order valence-corrected chi connectivity index (χ3v) is 16.5. The van der Waals surface area contributed by atoms with Crippen molar-refractivity contribution < 1.29 is 28.6 Å². The van der Waals surface area contributed by atoms with Crippen LogP contribution in [-0.2, 0) is 28.6 Å². The van der Waals surface area contributed by atoms with Crippen molar-refractivity contribution in [2.75, 3.05) is 13.2 Å². The fourth-order valence-electron chi connectivity index (χ4n) is 11.0. The highest BCUT2D eigenvalue weighted by molar-refractivity contribution is 5.71. The monoisotopic (exact) mass is 1160 g/mol. The summed E-state index contributed by atoms with van der Waals surface area (Å²) in [5.74, 6) is -0.853. The van der Waals surface area contributed by atoms with E-state index < -0.39 is 6.10 Å². The maximum absolute atomic E-state index is 13.0. The summed E-state index contributed by atoms with van der Waals surface area (Å²) in [6.45, 7) is 6.57. The van der Waals surface area contributed by atoms with E-state index in [0.29, 0.717) is 19.3 Å². The summed E-state index contributed by atoms with van der Waals surface area (Å²) in [5, 5.41) is 0. The molecule has 0 heterocycles. The van der Waals surface area contributed by atoms with Gasteiger partial charge in [-0.2, -0.15) is 0 Å². The van der Waals surface area contributed by atoms with Crippen LogP contribution in [0.1, 0.15) is 393 Å². The summed E-state index contributed by atoms with van der Waals surface area (Å²) in [7, 11) is 0. The van der Waals surface area contributed by atoms with Gasteiger partial charge in [0.2, 0.25) is 0 Å². The fraction of sp³-hybridized carbons (Fsp3) is 0.831. The smallest absolute Gasteiger partial charge is 0.306 e. The zero-order valence-corrected chi connectivity index (χ0v) is 55.7. The van der Waals surface area contributed by atoms with Gasteiger partial charge in [0.05, 0.1) is 0 Å². The molecular weight excluding hydrogens is 1020 g/mol. The van der Waals surface area contributed by atoms with Gasteiger partial charge in [-0.15, -0.1) is 0 Å². The lowest BCUT2D eigenvalue weighted by atomic mass is 10.0. The number of hydrogen-bond donors (Lipinski definition) is 0. The minimum absolute atomic E-state index is 0.0713. The highest BCUT2D eigenvalue weighted by Crippen LogP contribution is 2.19. The molecule has 0 fully saturated rings. The van der Waals surface area contributed by atoms with Gasteiger partial charge in [-0.25, -0.2) is 0 Å². The van der Waals surface area contributed by atoms with E-state index in [0.717, 1.165) is 89.9 Å². The molecule has 0 aliphatic rings. The number of rotatable bonds is 68. The van der Waals surface area contributed by atoms with Crippen LogP contribution in [0.5, 0.6) is 0 Å². The average molecular weight is 1160 g/mol. The molecule has 0 aliphatic heterocycles. The molecule has 0 radical (unpaired) electrons. The Morgan fingerprint density at radius 1 is 0.253 bits per heavy atom. The Labute approximate surface area is 517 Å². The summed E-state index contributed by atoms with van der Waals surface area (Å²) >= 11 is 0. The van der Waals surface area contributed by atoms with Crippen LogP contribution >= 0.6 is 0 Å². The van der Waals surface area contributed by atoms with E-state index in [-0.39, 0.29) is 31.1 Å². The first-order valence-electron chi connectivity index (χ1n) is 36.8. The SMILES string of the molecule is CC/C=C\C/C=C\C/C=C\C/C=C\CCCCCCCCCCCCCCCCCCC(=O)OCC(COC(=O)CCCCCCC/C=C\CCCCC)OC(=O)CCCCCCCCCCCCCCCCCCCCCCCCCC. The second-order valence-electron chi connectivity index (χ2n) is 24.8. The van der Waals surface area contributed by atoms with Crippen LogP contribution in [0.25, 0.3) is 0 Å². The van der Waals surface area contributed by atoms with Crippen LogP contribution in [0.2, 0.25) is 0 Å². The molecule has 0 N–H and O–H groups in total. The Balaban J connectivity index is 4.17. The first-order chi connectivity index (χ1) is 41.0. The van der Waals surface area contributed by atoms with Gasteiger partial charge in [-0.1, -0.05) is 351 Å². The molecular formula is C77H140O6. The van der Waals surface area contributed by atoms with Gasteiger partial charge in [-0.05, 0) is 83.5 Å². The summed E-state index contributed by atoms with van der Waals surface area (Å²) in [4.78, 5) is 38.4. The van der Waals surface area contributed by atoms with Crippen LogP contribution in [0, 0.1) is 0 Å². The standard InChI is InChI=1S/C77H140O6/c1-4-7-10-13-16-19-22-25-27-29-31-33-35-37-38-39-40-41-43-44-46-48-50-52-55-58-61-64-67-70-76(79)82-73-74(72-81-75(78)69-66-63-60-57-54-24-21-18-15-12-9-6-3)83-77(80)71-68-65-62-59-56-53-51-49-47-45-42-36-34-32-30-28-26-23-20-17-14-11-8-5-2/h7,10,16,18-19,21,25,27,31,33,74H,4-6,8-9,11-15,17,20,22-24,26,28-30,32,34-73H2,1-3H3/b10-7-,19-16-,21-18-,27-25-,33-31-. The van der Waals surface area contributed by atoms with Crippen molar-refractivity contribution in [2.45, 2.75) is 399 Å². The molecule has 0 rings (SSSR count). The number of hydrogen-bond acceptors (Lipinski definition) is 6. The normalized spacial score (nSPS) is 12.4. The van der Waals surface area contributed by atoms with Crippen molar-refractivity contribution in [2.24, 2.45) is 0 Å². The van der Waals surface area contributed by atoms with E-state index >= 15 is 0 Å². The Bertz CT molecular complexity index is 1470. The first-order valence-corrected chi connectivity index (χ1v) is 36.8. The van der Waals surface area contributed by atoms with E-state index in [1.54, 1.807) is 0 Å². The number of carbonyl (C=O) groups is 3. The minimum Gasteiger partial charge on any atom is -0.462 e. The van der Waals surface area contributed by atoms with Crippen LogP contribution in [-0.4, -0.2) is 37.2 Å². The molecule has 0 saturated heterocycles. The lowest BCUT2D eigenvalue weighted by Crippen LogP contribution is -2.30. The van der Waals surface area contributed by atoms with Crippen molar-refractivity contribution in [1.82, 2.24) is 0 Å². The van der Waals surface area contributed by atoms with E-state index in [2.05, 4.69) is 81.5 Å². The number of unbranched alkanes of at least 4 members (excludes halogenated alkanes) is 47. The molecule has 0 aromatic carbocycles. The van der Waals surface area contributed by atoms with E-state index in [1.165, 1.54) is 263 Å². The van der Waals surface area contributed by atoms with Gasteiger partial charge in [0.1, 0.15) is 13.2 Å². The van der Waals surface area contributed by atoms with Crippen molar-refractivity contribution in [3.05, 3.63) is 60.8 Å². The van der Waals surface area contributed by atoms with Gasteiger partial charge in [0.25, 0.3) is 0 Å². The predicted octanol–water partition coefficient (Wildman–Crippen LogP) is 25.5. The third kappa shape index (κ3) is 69.8. The Morgan fingerprint density at radius 2 is 0.470 bits per heavy atom. The lowest BCUT2D eigenvalue weighted by Gasteiger charge is -2.18. The van der Waals surface area contributed by atoms with Crippen molar-refractivity contribution >= 4 is 17.9 Å². The molecule has 1 atom stereocenters. The van der Waals surface area contributed by atoms with E-state index in [9.17, 15) is 14.4 Å². The van der Waals surface area contributed by atoms with Gasteiger partial charge >= 0.3 is 17.9 Å². The molecule has 484 valence electrons. The molecule has 0 bridgehead atoms. The maximum atomic E-state index is 13.0. The van der Waals surface area contributed by atoms with Gasteiger partial charge in [0.15, 0.2) is 6.10 Å². The number of allylic oxidation sites excluding steroid dienone is 10. The second-order valence-corrected chi connectivity index (χ2v) is 24.8. The molecule has 6 nitrogen and oxygen atoms in total. The predicted molar refractivity (Wildman–Crippen MR) is 362 cm³/mol. The van der Waals surface area contributed by atoms with Gasteiger partial charge in [-0.3, -0.25) is 14.4 Å². The Kier molecular flexibility index (Phi) is 69.1. The van der Waals surface area contributed by atoms with Gasteiger partial charge in [0, 0.05) is 19.3 Å². The summed E-state index contributed by atoms with van der Waals surface area (Å²) in [5.41, 5.74) is 0. The molecule has 0 aromatic heterocycles. The van der Waals surface area contributed by atoms with Crippen LogP contribution in [0.15, 0.2) is 60.8 Å². The maximum Gasteiger partial charge on any atom is 0.306 e. The number of ether oxygens (including phenoxy) is 3. The van der Waals surface area contributed by atoms with Crippen LogP contribution in [0.3, 0.4) is 0 Å². The van der Waals surface area contributed by atoms with Crippen molar-refractivity contribution in [1.29, 1.82) is 0 Å². The average Bonchev–Trinajstić information content (AvgIpc) is 3.49. The molecule has 0 aliphatic carbocycles. The largest absolute Gasteiger partial charge is 0.462 e. The summed E-state index contributed by atoms with van der Waals surface area (Å²) < 4.78 is 17.0. The molecule has 6 heteroatoms. The minimum atomic E-state index is -0.775. The summed E-state index contributed by atoms with van der Waals surface area (Å²) in [6.07, 6.45) is 92.7. The highest BCUT2D eigenvalue weighted by Gasteiger charge is 2.19. The van der Waals surface area contributed by atoms with Crippen molar-refractivity contribution in [3.8, 4) is 0 Å². The van der Waals surface area contributed by atoms with E-state index in [4.69, 9.17) is 14.2 Å². The molecule has 83 heavy (non-hydrogen) atoms. The number of esters is 3. The zero-order valence-electron chi connectivity index (χ0n) is 55.7. The Hall–Kier alpha value is -2.89. The molecule has 0 saturated carbocycles. The molecule has 1 unspecified atom stereocenters.